The second kappa shape index (κ2) is 9.48. The van der Waals surface area contributed by atoms with Crippen LogP contribution in [0.2, 0.25) is 5.02 Å². The van der Waals surface area contributed by atoms with Crippen LogP contribution in [0.3, 0.4) is 0 Å². The number of piperidine rings is 1. The number of amides is 1. The van der Waals surface area contributed by atoms with Crippen LogP contribution in [0.25, 0.3) is 0 Å². The van der Waals surface area contributed by atoms with Crippen molar-refractivity contribution in [2.24, 2.45) is 0 Å². The summed E-state index contributed by atoms with van der Waals surface area (Å²) >= 11 is 5.92. The number of carbonyl (C=O) groups excluding carboxylic acids is 1. The molecule has 166 valence electrons. The Morgan fingerprint density at radius 3 is 2.45 bits per heavy atom. The largest absolute Gasteiger partial charge is 0.390 e. The van der Waals surface area contributed by atoms with Gasteiger partial charge in [-0.05, 0) is 30.2 Å². The molecule has 4 rings (SSSR count). The molecule has 2 fully saturated rings. The van der Waals surface area contributed by atoms with E-state index in [0.29, 0.717) is 30.5 Å². The normalized spacial score (nSPS) is 24.9. The van der Waals surface area contributed by atoms with Gasteiger partial charge in [0.05, 0.1) is 19.1 Å². The van der Waals surface area contributed by atoms with Crippen LogP contribution in [-0.2, 0) is 11.2 Å². The van der Waals surface area contributed by atoms with Crippen LogP contribution in [0.15, 0.2) is 42.7 Å². The number of benzene rings is 1. The fourth-order valence-electron chi connectivity index (χ4n) is 4.27. The molecular weight excluding hydrogens is 418 g/mol. The minimum atomic E-state index is -1.35. The molecule has 2 aromatic rings. The van der Waals surface area contributed by atoms with Crippen molar-refractivity contribution in [1.82, 2.24) is 19.8 Å². The van der Waals surface area contributed by atoms with Crippen molar-refractivity contribution in [3.8, 4) is 0 Å². The Hall–Kier alpha value is -2.26. The average Bonchev–Trinajstić information content (AvgIpc) is 2.78. The van der Waals surface area contributed by atoms with Crippen LogP contribution in [-0.4, -0.2) is 93.4 Å². The topological polar surface area (TPSA) is 93.0 Å². The Morgan fingerprint density at radius 1 is 1.10 bits per heavy atom. The first-order valence-corrected chi connectivity index (χ1v) is 11.0. The van der Waals surface area contributed by atoms with Crippen LogP contribution < -0.4 is 4.90 Å². The lowest BCUT2D eigenvalue weighted by Crippen LogP contribution is -2.64. The number of nitrogens with zero attached hydrogens (tertiary/aromatic N) is 5. The molecule has 0 bridgehead atoms. The predicted octanol–water partition coefficient (Wildman–Crippen LogP) is 0.819. The number of rotatable bonds is 5. The van der Waals surface area contributed by atoms with Gasteiger partial charge in [-0.15, -0.1) is 0 Å². The standard InChI is InChI=1S/C22H28ClN5O3/c23-18-4-2-17(3-5-18)14-20(30)28-9-6-19(29)22(31,16-28)15-26-10-12-27(13-11-26)21-24-7-1-8-25-21/h1-5,7-8,19,29,31H,6,9-16H2/t19-,22+/m1/s1. The number of anilines is 1. The van der Waals surface area contributed by atoms with Gasteiger partial charge in [0.25, 0.3) is 0 Å². The molecule has 1 aromatic heterocycles. The number of aliphatic hydroxyl groups is 2. The van der Waals surface area contributed by atoms with E-state index in [9.17, 15) is 15.0 Å². The maximum Gasteiger partial charge on any atom is 0.227 e. The van der Waals surface area contributed by atoms with Gasteiger partial charge in [-0.1, -0.05) is 23.7 Å². The minimum Gasteiger partial charge on any atom is -0.390 e. The lowest BCUT2D eigenvalue weighted by atomic mass is 9.88. The summed E-state index contributed by atoms with van der Waals surface area (Å²) in [6, 6.07) is 8.99. The summed E-state index contributed by atoms with van der Waals surface area (Å²) in [4.78, 5) is 27.3. The number of aliphatic hydroxyl groups excluding tert-OH is 1. The van der Waals surface area contributed by atoms with Crippen LogP contribution >= 0.6 is 11.6 Å². The quantitative estimate of drug-likeness (QED) is 0.703. The van der Waals surface area contributed by atoms with Crippen molar-refractivity contribution in [2.45, 2.75) is 24.5 Å². The summed E-state index contributed by atoms with van der Waals surface area (Å²) < 4.78 is 0. The minimum absolute atomic E-state index is 0.0568. The van der Waals surface area contributed by atoms with Crippen LogP contribution in [0, 0.1) is 0 Å². The van der Waals surface area contributed by atoms with Crippen molar-refractivity contribution >= 4 is 23.5 Å². The van der Waals surface area contributed by atoms with Gasteiger partial charge in [0.2, 0.25) is 11.9 Å². The van der Waals surface area contributed by atoms with Gasteiger partial charge in [-0.25, -0.2) is 9.97 Å². The highest BCUT2D eigenvalue weighted by molar-refractivity contribution is 6.30. The van der Waals surface area contributed by atoms with Gasteiger partial charge >= 0.3 is 0 Å². The van der Waals surface area contributed by atoms with Crippen molar-refractivity contribution in [2.75, 3.05) is 50.7 Å². The molecule has 2 aliphatic heterocycles. The fourth-order valence-corrected chi connectivity index (χ4v) is 4.39. The van der Waals surface area contributed by atoms with E-state index in [2.05, 4.69) is 19.8 Å². The van der Waals surface area contributed by atoms with Crippen molar-refractivity contribution in [3.63, 3.8) is 0 Å². The van der Waals surface area contributed by atoms with E-state index in [1.165, 1.54) is 0 Å². The first-order chi connectivity index (χ1) is 14.9. The third-order valence-electron chi connectivity index (χ3n) is 6.08. The van der Waals surface area contributed by atoms with E-state index >= 15 is 0 Å². The van der Waals surface area contributed by atoms with E-state index in [1.807, 2.05) is 12.1 Å². The molecule has 2 saturated heterocycles. The summed E-state index contributed by atoms with van der Waals surface area (Å²) in [6.45, 7) is 3.84. The molecule has 1 aromatic carbocycles. The molecule has 0 spiro atoms. The number of β-amino-alcohol motifs (C(OH)–C–C–N with tert-alkyl or cyclic N) is 1. The molecular formula is C22H28ClN5O3. The Bertz CT molecular complexity index is 876. The third-order valence-corrected chi connectivity index (χ3v) is 6.34. The highest BCUT2D eigenvalue weighted by Gasteiger charge is 2.44. The summed E-state index contributed by atoms with van der Waals surface area (Å²) in [5.74, 6) is 0.649. The maximum absolute atomic E-state index is 12.8. The number of hydrogen-bond donors (Lipinski definition) is 2. The average molecular weight is 446 g/mol. The molecule has 8 nitrogen and oxygen atoms in total. The Balaban J connectivity index is 1.34. The number of piperazine rings is 1. The number of halogens is 1. The van der Waals surface area contributed by atoms with Crippen molar-refractivity contribution < 1.29 is 15.0 Å². The maximum atomic E-state index is 12.8. The van der Waals surface area contributed by atoms with Gasteiger partial charge in [-0.3, -0.25) is 9.69 Å². The molecule has 2 atom stereocenters. The van der Waals surface area contributed by atoms with E-state index in [0.717, 1.165) is 31.7 Å². The number of aromatic nitrogens is 2. The predicted molar refractivity (Wildman–Crippen MR) is 118 cm³/mol. The van der Waals surface area contributed by atoms with Gasteiger partial charge in [0, 0.05) is 56.7 Å². The second-order valence-corrected chi connectivity index (χ2v) is 8.78. The van der Waals surface area contributed by atoms with Crippen molar-refractivity contribution in [3.05, 3.63) is 53.3 Å². The van der Waals surface area contributed by atoms with Crippen LogP contribution in [0.4, 0.5) is 5.95 Å². The number of likely N-dealkylation sites (tertiary alicyclic amines) is 1. The van der Waals surface area contributed by atoms with Gasteiger partial charge in [0.1, 0.15) is 5.60 Å². The first kappa shape index (κ1) is 22.0. The zero-order valence-electron chi connectivity index (χ0n) is 17.4. The van der Waals surface area contributed by atoms with E-state index in [1.54, 1.807) is 35.5 Å². The summed E-state index contributed by atoms with van der Waals surface area (Å²) in [6.07, 6.45) is 3.21. The van der Waals surface area contributed by atoms with Crippen molar-refractivity contribution in [1.29, 1.82) is 0 Å². The third kappa shape index (κ3) is 5.33. The van der Waals surface area contributed by atoms with Gasteiger partial charge in [-0.2, -0.15) is 0 Å². The summed E-state index contributed by atoms with van der Waals surface area (Å²) in [7, 11) is 0. The SMILES string of the molecule is O=C(Cc1ccc(Cl)cc1)N1CC[C@@H](O)[C@](O)(CN2CCN(c3ncccn3)CC2)C1. The number of carbonyl (C=O) groups is 1. The zero-order chi connectivity index (χ0) is 21.8. The molecule has 0 radical (unpaired) electrons. The molecule has 1 amide bonds. The van der Waals surface area contributed by atoms with E-state index in [-0.39, 0.29) is 18.9 Å². The van der Waals surface area contributed by atoms with Gasteiger partial charge < -0.3 is 20.0 Å². The second-order valence-electron chi connectivity index (χ2n) is 8.34. The molecule has 0 saturated carbocycles. The molecule has 0 aliphatic carbocycles. The summed E-state index contributed by atoms with van der Waals surface area (Å²) in [5.41, 5.74) is -0.470. The van der Waals surface area contributed by atoms with E-state index in [4.69, 9.17) is 11.6 Å². The zero-order valence-corrected chi connectivity index (χ0v) is 18.2. The molecule has 2 aliphatic rings. The molecule has 2 N–H and O–H groups in total. The van der Waals surface area contributed by atoms with Crippen LogP contribution in [0.1, 0.15) is 12.0 Å². The highest BCUT2D eigenvalue weighted by atomic mass is 35.5. The van der Waals surface area contributed by atoms with Gasteiger partial charge in [0.15, 0.2) is 0 Å². The molecule has 3 heterocycles. The smallest absolute Gasteiger partial charge is 0.227 e. The lowest BCUT2D eigenvalue weighted by Gasteiger charge is -2.46. The lowest BCUT2D eigenvalue weighted by molar-refractivity contribution is -0.155. The summed E-state index contributed by atoms with van der Waals surface area (Å²) in [5, 5.41) is 22.4. The molecule has 31 heavy (non-hydrogen) atoms. The Kier molecular flexibility index (Phi) is 6.71. The van der Waals surface area contributed by atoms with E-state index < -0.39 is 11.7 Å². The highest BCUT2D eigenvalue weighted by Crippen LogP contribution is 2.25. The Labute approximate surface area is 187 Å². The Morgan fingerprint density at radius 2 is 1.77 bits per heavy atom. The molecule has 0 unspecified atom stereocenters. The first-order valence-electron chi connectivity index (χ1n) is 10.6. The molecule has 9 heteroatoms. The monoisotopic (exact) mass is 445 g/mol. The van der Waals surface area contributed by atoms with Crippen LogP contribution in [0.5, 0.6) is 0 Å². The fraction of sp³-hybridized carbons (Fsp3) is 0.500. The number of hydrogen-bond acceptors (Lipinski definition) is 7.